The Labute approximate surface area is 130 Å². The largest absolute Gasteiger partial charge is 0.433 e. The van der Waals surface area contributed by atoms with E-state index in [9.17, 15) is 15.4 Å². The molecule has 112 valence electrons. The molecule has 0 saturated heterocycles. The van der Waals surface area contributed by atoms with Crippen molar-refractivity contribution in [3.63, 3.8) is 0 Å². The fourth-order valence-electron chi connectivity index (χ4n) is 2.02. The van der Waals surface area contributed by atoms with E-state index in [1.54, 1.807) is 12.2 Å². The quantitative estimate of drug-likeness (QED) is 0.342. The minimum absolute atomic E-state index is 0.327. The van der Waals surface area contributed by atoms with Gasteiger partial charge in [0.05, 0.1) is 22.7 Å². The topological polar surface area (TPSA) is 109 Å². The highest BCUT2D eigenvalue weighted by Gasteiger charge is 2.10. The van der Waals surface area contributed by atoms with E-state index in [1.807, 2.05) is 24.3 Å². The molecule has 0 aliphatic rings. The molecule has 7 nitrogen and oxygen atoms in total. The van der Waals surface area contributed by atoms with Crippen LogP contribution in [0.1, 0.15) is 11.6 Å². The second-order valence-corrected chi connectivity index (χ2v) is 4.59. The van der Waals surface area contributed by atoms with Gasteiger partial charge in [-0.15, -0.1) is 0 Å². The molecular formula is C16H10N4O3. The molecule has 2 heterocycles. The molecule has 0 amide bonds. The Morgan fingerprint density at radius 3 is 2.87 bits per heavy atom. The van der Waals surface area contributed by atoms with Gasteiger partial charge >= 0.3 is 5.88 Å². The fourth-order valence-corrected chi connectivity index (χ4v) is 2.02. The van der Waals surface area contributed by atoms with Crippen LogP contribution in [0, 0.1) is 21.4 Å². The van der Waals surface area contributed by atoms with Gasteiger partial charge in [-0.1, -0.05) is 18.2 Å². The number of benzene rings is 1. The minimum Gasteiger partial charge on any atom is -0.401 e. The first-order valence-electron chi connectivity index (χ1n) is 6.65. The molecule has 1 N–H and O–H groups in total. The first-order chi connectivity index (χ1) is 11.2. The molecule has 3 aromatic rings. The molecule has 0 atom stereocenters. The molecule has 23 heavy (non-hydrogen) atoms. The van der Waals surface area contributed by atoms with Crippen LogP contribution >= 0.6 is 0 Å². The molecule has 0 unspecified atom stereocenters. The highest BCUT2D eigenvalue weighted by atomic mass is 16.6. The number of aromatic nitrogens is 2. The number of nitrogens with one attached hydrogen (secondary N) is 1. The Morgan fingerprint density at radius 2 is 2.17 bits per heavy atom. The number of nitriles is 1. The number of furan rings is 1. The summed E-state index contributed by atoms with van der Waals surface area (Å²) in [5.74, 6) is 0.463. The number of allylic oxidation sites excluding steroid dienone is 3. The summed E-state index contributed by atoms with van der Waals surface area (Å²) in [7, 11) is 0. The van der Waals surface area contributed by atoms with Crippen LogP contribution in [-0.4, -0.2) is 14.9 Å². The smallest absolute Gasteiger partial charge is 0.401 e. The van der Waals surface area contributed by atoms with E-state index >= 15 is 0 Å². The lowest BCUT2D eigenvalue weighted by Gasteiger charge is -1.89. The second-order valence-electron chi connectivity index (χ2n) is 4.59. The van der Waals surface area contributed by atoms with Crippen molar-refractivity contribution in [1.82, 2.24) is 9.97 Å². The summed E-state index contributed by atoms with van der Waals surface area (Å²) in [5.41, 5.74) is 1.96. The van der Waals surface area contributed by atoms with Crippen molar-refractivity contribution >= 4 is 28.6 Å². The van der Waals surface area contributed by atoms with Gasteiger partial charge < -0.3 is 9.40 Å². The van der Waals surface area contributed by atoms with Crippen LogP contribution in [0.3, 0.4) is 0 Å². The Kier molecular flexibility index (Phi) is 3.72. The number of hydrogen-bond acceptors (Lipinski definition) is 5. The number of hydrogen-bond donors (Lipinski definition) is 1. The molecule has 0 fully saturated rings. The van der Waals surface area contributed by atoms with Crippen LogP contribution < -0.4 is 0 Å². The van der Waals surface area contributed by atoms with E-state index in [1.165, 1.54) is 18.2 Å². The first-order valence-corrected chi connectivity index (χ1v) is 6.65. The maximum Gasteiger partial charge on any atom is 0.433 e. The van der Waals surface area contributed by atoms with E-state index in [0.29, 0.717) is 17.2 Å². The van der Waals surface area contributed by atoms with Crippen LogP contribution in [0.25, 0.3) is 22.7 Å². The molecule has 0 aliphatic heterocycles. The molecule has 2 aromatic heterocycles. The van der Waals surface area contributed by atoms with Crippen molar-refractivity contribution in [2.45, 2.75) is 0 Å². The summed E-state index contributed by atoms with van der Waals surface area (Å²) in [6.07, 6.45) is 4.67. The zero-order valence-electron chi connectivity index (χ0n) is 11.8. The predicted molar refractivity (Wildman–Crippen MR) is 84.1 cm³/mol. The zero-order chi connectivity index (χ0) is 16.2. The SMILES string of the molecule is N#CC(=CC=Cc1ccc([N+](=O)[O-])o1)c1nc2ccccc2[nH]1. The standard InChI is InChI=1S/C16H10N4O3/c17-10-11(16-18-13-6-1-2-7-14(13)19-16)4-3-5-12-8-9-15(23-12)20(21)22/h1-9H,(H,18,19). The third kappa shape index (κ3) is 3.01. The third-order valence-electron chi connectivity index (χ3n) is 3.08. The van der Waals surface area contributed by atoms with Gasteiger partial charge in [0.1, 0.15) is 22.6 Å². The number of rotatable bonds is 4. The molecule has 0 aliphatic carbocycles. The van der Waals surface area contributed by atoms with Crippen molar-refractivity contribution in [3.8, 4) is 6.07 Å². The molecule has 0 radical (unpaired) electrons. The van der Waals surface area contributed by atoms with Gasteiger partial charge in [0.2, 0.25) is 0 Å². The number of imidazole rings is 1. The maximum atomic E-state index is 10.5. The van der Waals surface area contributed by atoms with Gasteiger partial charge in [-0.05, 0) is 30.4 Å². The van der Waals surface area contributed by atoms with Gasteiger partial charge in [-0.25, -0.2) is 4.98 Å². The van der Waals surface area contributed by atoms with E-state index in [-0.39, 0.29) is 5.88 Å². The Hall–Kier alpha value is -3.66. The number of nitro groups is 1. The number of fused-ring (bicyclic) bond motifs is 1. The van der Waals surface area contributed by atoms with Gasteiger partial charge in [0.25, 0.3) is 0 Å². The zero-order valence-corrected chi connectivity index (χ0v) is 11.8. The van der Waals surface area contributed by atoms with Crippen LogP contribution in [0.15, 0.2) is 53.0 Å². The average molecular weight is 306 g/mol. The highest BCUT2D eigenvalue weighted by Crippen LogP contribution is 2.18. The summed E-state index contributed by atoms with van der Waals surface area (Å²) in [6.45, 7) is 0. The second kappa shape index (κ2) is 5.99. The first kappa shape index (κ1) is 14.3. The molecule has 1 aromatic carbocycles. The number of aromatic amines is 1. The van der Waals surface area contributed by atoms with E-state index in [2.05, 4.69) is 16.0 Å². The van der Waals surface area contributed by atoms with Gasteiger partial charge in [-0.3, -0.25) is 10.1 Å². The van der Waals surface area contributed by atoms with Gasteiger partial charge in [0.15, 0.2) is 0 Å². The molecule has 0 bridgehead atoms. The summed E-state index contributed by atoms with van der Waals surface area (Å²) in [5, 5.41) is 19.8. The number of nitrogens with zero attached hydrogens (tertiary/aromatic N) is 3. The van der Waals surface area contributed by atoms with Crippen LogP contribution in [0.2, 0.25) is 0 Å². The fraction of sp³-hybridized carbons (Fsp3) is 0. The molecular weight excluding hydrogens is 296 g/mol. The highest BCUT2D eigenvalue weighted by molar-refractivity contribution is 5.82. The molecule has 0 saturated carbocycles. The monoisotopic (exact) mass is 306 g/mol. The van der Waals surface area contributed by atoms with Gasteiger partial charge in [-0.2, -0.15) is 5.26 Å². The Morgan fingerprint density at radius 1 is 1.35 bits per heavy atom. The van der Waals surface area contributed by atoms with Crippen LogP contribution in [0.5, 0.6) is 0 Å². The maximum absolute atomic E-state index is 10.5. The molecule has 7 heteroatoms. The Balaban J connectivity index is 1.85. The number of para-hydroxylation sites is 2. The minimum atomic E-state index is -0.609. The normalized spacial score (nSPS) is 11.9. The predicted octanol–water partition coefficient (Wildman–Crippen LogP) is 3.68. The summed E-state index contributed by atoms with van der Waals surface area (Å²) in [4.78, 5) is 17.3. The van der Waals surface area contributed by atoms with Crippen molar-refractivity contribution in [2.75, 3.05) is 0 Å². The van der Waals surface area contributed by atoms with E-state index in [4.69, 9.17) is 4.42 Å². The summed E-state index contributed by atoms with van der Waals surface area (Å²) in [6, 6.07) is 12.3. The lowest BCUT2D eigenvalue weighted by molar-refractivity contribution is -0.402. The van der Waals surface area contributed by atoms with Gasteiger partial charge in [0, 0.05) is 0 Å². The average Bonchev–Trinajstić information content (AvgIpc) is 3.18. The van der Waals surface area contributed by atoms with E-state index in [0.717, 1.165) is 11.0 Å². The summed E-state index contributed by atoms with van der Waals surface area (Å²) >= 11 is 0. The van der Waals surface area contributed by atoms with Crippen molar-refractivity contribution < 1.29 is 9.34 Å². The van der Waals surface area contributed by atoms with Crippen LogP contribution in [0.4, 0.5) is 5.88 Å². The van der Waals surface area contributed by atoms with Crippen molar-refractivity contribution in [3.05, 3.63) is 70.2 Å². The van der Waals surface area contributed by atoms with Crippen molar-refractivity contribution in [1.29, 1.82) is 5.26 Å². The Bertz CT molecular complexity index is 940. The van der Waals surface area contributed by atoms with Crippen molar-refractivity contribution in [2.24, 2.45) is 0 Å². The summed E-state index contributed by atoms with van der Waals surface area (Å²) < 4.78 is 4.99. The lowest BCUT2D eigenvalue weighted by Crippen LogP contribution is -1.83. The molecule has 3 rings (SSSR count). The number of H-pyrrole nitrogens is 1. The molecule has 0 spiro atoms. The third-order valence-corrected chi connectivity index (χ3v) is 3.08. The lowest BCUT2D eigenvalue weighted by atomic mass is 10.2. The van der Waals surface area contributed by atoms with E-state index < -0.39 is 4.92 Å². The van der Waals surface area contributed by atoms with Crippen LogP contribution in [-0.2, 0) is 0 Å².